The predicted octanol–water partition coefficient (Wildman–Crippen LogP) is 3.75. The van der Waals surface area contributed by atoms with Gasteiger partial charge in [0.1, 0.15) is 11.6 Å². The maximum absolute atomic E-state index is 13.5. The molecule has 0 heterocycles. The van der Waals surface area contributed by atoms with Crippen molar-refractivity contribution in [3.8, 4) is 0 Å². The van der Waals surface area contributed by atoms with Crippen LogP contribution in [0.3, 0.4) is 0 Å². The molecule has 0 unspecified atom stereocenters. The number of carbonyl (C=O) groups is 1. The van der Waals surface area contributed by atoms with Crippen molar-refractivity contribution < 1.29 is 18.3 Å². The van der Waals surface area contributed by atoms with E-state index in [-0.39, 0.29) is 18.7 Å². The van der Waals surface area contributed by atoms with Crippen LogP contribution in [0.5, 0.6) is 0 Å². The van der Waals surface area contributed by atoms with E-state index in [1.54, 1.807) is 31.2 Å². The smallest absolute Gasteiger partial charge is 0.338 e. The summed E-state index contributed by atoms with van der Waals surface area (Å²) in [6, 6.07) is 10.3. The summed E-state index contributed by atoms with van der Waals surface area (Å²) < 4.78 is 31.9. The molecule has 1 N–H and O–H groups in total. The Morgan fingerprint density at radius 3 is 2.48 bits per heavy atom. The van der Waals surface area contributed by atoms with Crippen molar-refractivity contribution in [3.63, 3.8) is 0 Å². The number of nitrogens with one attached hydrogen (secondary N) is 1. The minimum absolute atomic E-state index is 0.00914. The highest BCUT2D eigenvalue weighted by molar-refractivity contribution is 5.90. The molecule has 0 aliphatic rings. The zero-order valence-corrected chi connectivity index (χ0v) is 11.5. The number of anilines is 1. The van der Waals surface area contributed by atoms with Gasteiger partial charge in [0.25, 0.3) is 0 Å². The first-order chi connectivity index (χ1) is 10.1. The highest BCUT2D eigenvalue weighted by Crippen LogP contribution is 2.16. The van der Waals surface area contributed by atoms with Crippen LogP contribution in [0.15, 0.2) is 42.5 Å². The number of benzene rings is 2. The molecule has 0 aliphatic carbocycles. The molecule has 0 aliphatic heterocycles. The second-order valence-electron chi connectivity index (χ2n) is 4.36. The van der Waals surface area contributed by atoms with Crippen molar-refractivity contribution in [1.82, 2.24) is 0 Å². The molecule has 0 saturated carbocycles. The van der Waals surface area contributed by atoms with Crippen LogP contribution in [0.4, 0.5) is 14.5 Å². The summed E-state index contributed by atoms with van der Waals surface area (Å²) in [7, 11) is 0. The topological polar surface area (TPSA) is 38.3 Å². The minimum atomic E-state index is -0.607. The monoisotopic (exact) mass is 291 g/mol. The average Bonchev–Trinajstić information content (AvgIpc) is 2.47. The zero-order valence-electron chi connectivity index (χ0n) is 11.5. The van der Waals surface area contributed by atoms with Gasteiger partial charge in [0.15, 0.2) is 0 Å². The Balaban J connectivity index is 2.10. The Bertz CT molecular complexity index is 624. The third-order valence-corrected chi connectivity index (χ3v) is 2.90. The molecule has 2 aromatic carbocycles. The van der Waals surface area contributed by atoms with Gasteiger partial charge in [-0.1, -0.05) is 12.1 Å². The second-order valence-corrected chi connectivity index (χ2v) is 4.36. The average molecular weight is 291 g/mol. The van der Waals surface area contributed by atoms with E-state index >= 15 is 0 Å². The lowest BCUT2D eigenvalue weighted by atomic mass is 10.1. The summed E-state index contributed by atoms with van der Waals surface area (Å²) in [5.74, 6) is -1.65. The van der Waals surface area contributed by atoms with Gasteiger partial charge in [-0.3, -0.25) is 0 Å². The number of hydrogen-bond donors (Lipinski definition) is 1. The van der Waals surface area contributed by atoms with Crippen LogP contribution in [0, 0.1) is 11.6 Å². The summed E-state index contributed by atoms with van der Waals surface area (Å²) in [5.41, 5.74) is 0.929. The molecule has 21 heavy (non-hydrogen) atoms. The normalized spacial score (nSPS) is 10.2. The first-order valence-corrected chi connectivity index (χ1v) is 6.55. The zero-order chi connectivity index (χ0) is 15.2. The molecule has 0 spiro atoms. The van der Waals surface area contributed by atoms with E-state index in [0.717, 1.165) is 0 Å². The van der Waals surface area contributed by atoms with Crippen LogP contribution < -0.4 is 5.32 Å². The lowest BCUT2D eigenvalue weighted by Crippen LogP contribution is -2.07. The molecule has 0 amide bonds. The van der Waals surface area contributed by atoms with E-state index < -0.39 is 17.6 Å². The largest absolute Gasteiger partial charge is 0.462 e. The van der Waals surface area contributed by atoms with Gasteiger partial charge in [-0.05, 0) is 37.3 Å². The molecule has 0 radical (unpaired) electrons. The van der Waals surface area contributed by atoms with Crippen LogP contribution in [-0.2, 0) is 11.3 Å². The molecule has 2 rings (SSSR count). The SMILES string of the molecule is CCOC(=O)c1cccc(NCc2c(F)cccc2F)c1. The standard InChI is InChI=1S/C16H15F2NO2/c1-2-21-16(20)11-5-3-6-12(9-11)19-10-13-14(17)7-4-8-15(13)18/h3-9,19H,2,10H2,1H3. The molecular weight excluding hydrogens is 276 g/mol. The summed E-state index contributed by atoms with van der Waals surface area (Å²) >= 11 is 0. The van der Waals surface area contributed by atoms with Crippen molar-refractivity contribution in [2.75, 3.05) is 11.9 Å². The van der Waals surface area contributed by atoms with Crippen molar-refractivity contribution in [3.05, 3.63) is 65.2 Å². The number of hydrogen-bond acceptors (Lipinski definition) is 3. The van der Waals surface area contributed by atoms with Gasteiger partial charge in [-0.2, -0.15) is 0 Å². The number of esters is 1. The van der Waals surface area contributed by atoms with Crippen molar-refractivity contribution in [1.29, 1.82) is 0 Å². The lowest BCUT2D eigenvalue weighted by molar-refractivity contribution is 0.0526. The third-order valence-electron chi connectivity index (χ3n) is 2.90. The first-order valence-electron chi connectivity index (χ1n) is 6.55. The summed E-state index contributed by atoms with van der Waals surface area (Å²) in [4.78, 5) is 11.6. The molecule has 2 aromatic rings. The van der Waals surface area contributed by atoms with E-state index in [0.29, 0.717) is 11.3 Å². The van der Waals surface area contributed by atoms with Crippen LogP contribution in [-0.4, -0.2) is 12.6 Å². The highest BCUT2D eigenvalue weighted by Gasteiger charge is 2.09. The van der Waals surface area contributed by atoms with Crippen LogP contribution in [0.25, 0.3) is 0 Å². The van der Waals surface area contributed by atoms with Crippen LogP contribution in [0.2, 0.25) is 0 Å². The van der Waals surface area contributed by atoms with E-state index in [1.165, 1.54) is 18.2 Å². The van der Waals surface area contributed by atoms with Crippen molar-refractivity contribution in [2.45, 2.75) is 13.5 Å². The van der Waals surface area contributed by atoms with Gasteiger partial charge in [0.05, 0.1) is 12.2 Å². The maximum atomic E-state index is 13.5. The van der Waals surface area contributed by atoms with Crippen molar-refractivity contribution >= 4 is 11.7 Å². The fourth-order valence-electron chi connectivity index (χ4n) is 1.86. The fourth-order valence-corrected chi connectivity index (χ4v) is 1.86. The first kappa shape index (κ1) is 15.0. The molecule has 0 aromatic heterocycles. The van der Waals surface area contributed by atoms with Crippen LogP contribution in [0.1, 0.15) is 22.8 Å². The summed E-state index contributed by atoms with van der Waals surface area (Å²) in [5, 5.41) is 2.89. The molecule has 0 atom stereocenters. The minimum Gasteiger partial charge on any atom is -0.462 e. The summed E-state index contributed by atoms with van der Waals surface area (Å²) in [6.45, 7) is 2.00. The molecule has 3 nitrogen and oxygen atoms in total. The van der Waals surface area contributed by atoms with E-state index in [1.807, 2.05) is 0 Å². The molecular formula is C16H15F2NO2. The number of rotatable bonds is 5. The summed E-state index contributed by atoms with van der Waals surface area (Å²) in [6.07, 6.45) is 0. The fraction of sp³-hybridized carbons (Fsp3) is 0.188. The Hall–Kier alpha value is -2.43. The highest BCUT2D eigenvalue weighted by atomic mass is 19.1. The maximum Gasteiger partial charge on any atom is 0.338 e. The van der Waals surface area contributed by atoms with Gasteiger partial charge >= 0.3 is 5.97 Å². The number of ether oxygens (including phenoxy) is 1. The Morgan fingerprint density at radius 1 is 1.14 bits per heavy atom. The Labute approximate surface area is 121 Å². The van der Waals surface area contributed by atoms with E-state index in [9.17, 15) is 13.6 Å². The molecule has 0 bridgehead atoms. The molecule has 0 saturated heterocycles. The number of carbonyl (C=O) groups excluding carboxylic acids is 1. The molecule has 110 valence electrons. The lowest BCUT2D eigenvalue weighted by Gasteiger charge is -2.09. The van der Waals surface area contributed by atoms with E-state index in [2.05, 4.69) is 5.32 Å². The van der Waals surface area contributed by atoms with Gasteiger partial charge in [-0.25, -0.2) is 13.6 Å². The molecule has 5 heteroatoms. The number of halogens is 2. The predicted molar refractivity (Wildman–Crippen MR) is 76.1 cm³/mol. The van der Waals surface area contributed by atoms with Crippen LogP contribution >= 0.6 is 0 Å². The van der Waals surface area contributed by atoms with Gasteiger partial charge in [0.2, 0.25) is 0 Å². The third kappa shape index (κ3) is 3.78. The molecule has 0 fully saturated rings. The second kappa shape index (κ2) is 6.83. The Morgan fingerprint density at radius 2 is 1.81 bits per heavy atom. The van der Waals surface area contributed by atoms with Gasteiger partial charge in [-0.15, -0.1) is 0 Å². The quantitative estimate of drug-likeness (QED) is 0.853. The van der Waals surface area contributed by atoms with E-state index in [4.69, 9.17) is 4.74 Å². The van der Waals surface area contributed by atoms with Gasteiger partial charge < -0.3 is 10.1 Å². The van der Waals surface area contributed by atoms with Gasteiger partial charge in [0, 0.05) is 17.8 Å². The Kier molecular flexibility index (Phi) is 4.87. The van der Waals surface area contributed by atoms with Crippen molar-refractivity contribution in [2.24, 2.45) is 0 Å².